The molecule has 1 aromatic heterocycles. The molecule has 0 amide bonds. The van der Waals surface area contributed by atoms with Gasteiger partial charge in [0.05, 0.1) is 10.5 Å². The van der Waals surface area contributed by atoms with Gasteiger partial charge < -0.3 is 10.0 Å². The van der Waals surface area contributed by atoms with Crippen molar-refractivity contribution in [3.05, 3.63) is 27.9 Å². The number of hydrogen-bond acceptors (Lipinski definition) is 6. The lowest BCUT2D eigenvalue weighted by molar-refractivity contribution is -0.384. The molecule has 0 aromatic carbocycles. The molecule has 0 saturated heterocycles. The average Bonchev–Trinajstić information content (AvgIpc) is 2.35. The Balaban J connectivity index is 3.28. The molecule has 0 saturated carbocycles. The number of nitrogens with zero attached hydrogens (tertiary/aromatic N) is 4. The van der Waals surface area contributed by atoms with E-state index in [0.717, 1.165) is 12.3 Å². The van der Waals surface area contributed by atoms with Crippen LogP contribution in [0.4, 0.5) is 11.5 Å². The van der Waals surface area contributed by atoms with Gasteiger partial charge in [-0.3, -0.25) is 10.1 Å². The third kappa shape index (κ3) is 2.52. The molecule has 0 fully saturated rings. The van der Waals surface area contributed by atoms with Gasteiger partial charge in [0.2, 0.25) is 5.82 Å². The lowest BCUT2D eigenvalue weighted by atomic mass is 10.2. The van der Waals surface area contributed by atoms with Crippen LogP contribution in [0.3, 0.4) is 0 Å². The summed E-state index contributed by atoms with van der Waals surface area (Å²) in [6.45, 7) is 1.38. The van der Waals surface area contributed by atoms with Crippen molar-refractivity contribution in [2.75, 3.05) is 11.9 Å². The number of likely N-dealkylation sites (N-methyl/N-ethyl adjacent to an activating group) is 1. The molecule has 1 N–H and O–H groups in total. The first-order valence-corrected chi connectivity index (χ1v) is 4.88. The number of pyridine rings is 1. The Kier molecular flexibility index (Phi) is 3.78. The van der Waals surface area contributed by atoms with Crippen molar-refractivity contribution in [3.8, 4) is 6.07 Å². The fraction of sp³-hybridized carbons (Fsp3) is 0.300. The molecule has 18 heavy (non-hydrogen) atoms. The second kappa shape index (κ2) is 5.09. The summed E-state index contributed by atoms with van der Waals surface area (Å²) < 4.78 is 0. The Bertz CT molecular complexity index is 537. The van der Waals surface area contributed by atoms with Crippen LogP contribution in [0.15, 0.2) is 12.3 Å². The van der Waals surface area contributed by atoms with Crippen LogP contribution >= 0.6 is 0 Å². The molecule has 94 valence electrons. The van der Waals surface area contributed by atoms with Gasteiger partial charge in [0, 0.05) is 19.3 Å². The molecule has 0 aliphatic heterocycles. The third-order valence-corrected chi connectivity index (χ3v) is 2.45. The summed E-state index contributed by atoms with van der Waals surface area (Å²) in [5.41, 5.74) is -0.355. The van der Waals surface area contributed by atoms with Crippen LogP contribution in [-0.2, 0) is 4.79 Å². The lowest BCUT2D eigenvalue weighted by Crippen LogP contribution is -2.36. The van der Waals surface area contributed by atoms with E-state index in [1.54, 1.807) is 6.07 Å². The van der Waals surface area contributed by atoms with Crippen LogP contribution < -0.4 is 4.90 Å². The van der Waals surface area contributed by atoms with E-state index in [9.17, 15) is 14.9 Å². The highest BCUT2D eigenvalue weighted by atomic mass is 16.6. The molecule has 1 rings (SSSR count). The maximum Gasteiger partial charge on any atom is 0.326 e. The zero-order chi connectivity index (χ0) is 13.9. The summed E-state index contributed by atoms with van der Waals surface area (Å²) in [6, 6.07) is 1.83. The number of nitro groups is 1. The monoisotopic (exact) mass is 250 g/mol. The Morgan fingerprint density at radius 2 is 2.33 bits per heavy atom. The molecule has 8 heteroatoms. The number of nitriles is 1. The molecular weight excluding hydrogens is 240 g/mol. The van der Waals surface area contributed by atoms with Crippen LogP contribution in [-0.4, -0.2) is 34.1 Å². The van der Waals surface area contributed by atoms with Gasteiger partial charge in [-0.1, -0.05) is 0 Å². The standard InChI is InChI=1S/C10H10N4O4/c1-6(10(15)16)13(2)9-8(14(17)18)3-7(4-11)5-12-9/h3,5-6H,1-2H3,(H,15,16). The summed E-state index contributed by atoms with van der Waals surface area (Å²) in [6.07, 6.45) is 1.16. The molecule has 0 aliphatic carbocycles. The highest BCUT2D eigenvalue weighted by Crippen LogP contribution is 2.26. The van der Waals surface area contributed by atoms with Crippen LogP contribution in [0.2, 0.25) is 0 Å². The molecular formula is C10H10N4O4. The Labute approximate surface area is 102 Å². The number of rotatable bonds is 4. The fourth-order valence-corrected chi connectivity index (χ4v) is 1.26. The minimum atomic E-state index is -1.13. The van der Waals surface area contributed by atoms with Crippen LogP contribution in [0.1, 0.15) is 12.5 Å². The molecule has 0 radical (unpaired) electrons. The average molecular weight is 250 g/mol. The first-order valence-electron chi connectivity index (χ1n) is 4.88. The van der Waals surface area contributed by atoms with Crippen LogP contribution in [0.5, 0.6) is 0 Å². The quantitative estimate of drug-likeness (QED) is 0.618. The van der Waals surface area contributed by atoms with E-state index in [2.05, 4.69) is 4.98 Å². The second-order valence-electron chi connectivity index (χ2n) is 3.56. The maximum absolute atomic E-state index is 10.9. The van der Waals surface area contributed by atoms with E-state index < -0.39 is 22.6 Å². The minimum Gasteiger partial charge on any atom is -0.480 e. The number of carbonyl (C=O) groups is 1. The number of carboxylic acids is 1. The fourth-order valence-electron chi connectivity index (χ4n) is 1.26. The van der Waals surface area contributed by atoms with Gasteiger partial charge in [0.1, 0.15) is 12.1 Å². The molecule has 0 spiro atoms. The van der Waals surface area contributed by atoms with E-state index in [0.29, 0.717) is 0 Å². The zero-order valence-corrected chi connectivity index (χ0v) is 9.69. The molecule has 1 heterocycles. The highest BCUT2D eigenvalue weighted by Gasteiger charge is 2.26. The van der Waals surface area contributed by atoms with Crippen LogP contribution in [0, 0.1) is 21.4 Å². The van der Waals surface area contributed by atoms with Gasteiger partial charge in [-0.05, 0) is 6.92 Å². The van der Waals surface area contributed by atoms with Crippen molar-refractivity contribution in [3.63, 3.8) is 0 Å². The molecule has 0 bridgehead atoms. The van der Waals surface area contributed by atoms with Gasteiger partial charge >= 0.3 is 11.7 Å². The summed E-state index contributed by atoms with van der Waals surface area (Å²) >= 11 is 0. The number of aromatic nitrogens is 1. The van der Waals surface area contributed by atoms with E-state index >= 15 is 0 Å². The second-order valence-corrected chi connectivity index (χ2v) is 3.56. The molecule has 1 aromatic rings. The zero-order valence-electron chi connectivity index (χ0n) is 9.69. The highest BCUT2D eigenvalue weighted by molar-refractivity contribution is 5.78. The normalized spacial score (nSPS) is 11.4. The first-order chi connectivity index (χ1) is 8.38. The number of anilines is 1. The largest absolute Gasteiger partial charge is 0.480 e. The summed E-state index contributed by atoms with van der Waals surface area (Å²) in [5, 5.41) is 28.4. The first kappa shape index (κ1) is 13.4. The van der Waals surface area contributed by atoms with Crippen molar-refractivity contribution in [1.29, 1.82) is 5.26 Å². The van der Waals surface area contributed by atoms with E-state index in [-0.39, 0.29) is 11.4 Å². The SMILES string of the molecule is CC(C(=O)O)N(C)c1ncc(C#N)cc1[N+](=O)[O-]. The topological polar surface area (TPSA) is 120 Å². The predicted molar refractivity (Wildman–Crippen MR) is 61.1 cm³/mol. The van der Waals surface area contributed by atoms with Gasteiger partial charge in [0.25, 0.3) is 0 Å². The molecule has 0 aliphatic rings. The minimum absolute atomic E-state index is 0.0434. The van der Waals surface area contributed by atoms with Crippen LogP contribution in [0.25, 0.3) is 0 Å². The molecule has 8 nitrogen and oxygen atoms in total. The van der Waals surface area contributed by atoms with E-state index in [1.165, 1.54) is 18.9 Å². The number of carboxylic acid groups (broad SMARTS) is 1. The predicted octanol–water partition coefficient (Wildman–Crippen LogP) is 0.771. The van der Waals surface area contributed by atoms with Crippen molar-refractivity contribution in [2.24, 2.45) is 0 Å². The molecule has 1 unspecified atom stereocenters. The number of hydrogen-bond donors (Lipinski definition) is 1. The number of aliphatic carboxylic acids is 1. The summed E-state index contributed by atoms with van der Waals surface area (Å²) in [4.78, 5) is 25.9. The van der Waals surface area contributed by atoms with Gasteiger partial charge in [-0.25, -0.2) is 9.78 Å². The van der Waals surface area contributed by atoms with Gasteiger partial charge in [-0.15, -0.1) is 0 Å². The van der Waals surface area contributed by atoms with E-state index in [4.69, 9.17) is 10.4 Å². The maximum atomic E-state index is 10.9. The Morgan fingerprint density at radius 1 is 1.72 bits per heavy atom. The van der Waals surface area contributed by atoms with Crippen molar-refractivity contribution >= 4 is 17.5 Å². The van der Waals surface area contributed by atoms with E-state index in [1.807, 2.05) is 0 Å². The lowest BCUT2D eigenvalue weighted by Gasteiger charge is -2.21. The molecule has 1 atom stereocenters. The van der Waals surface area contributed by atoms with Gasteiger partial charge in [-0.2, -0.15) is 5.26 Å². The third-order valence-electron chi connectivity index (χ3n) is 2.45. The Hall–Kier alpha value is -2.69. The smallest absolute Gasteiger partial charge is 0.326 e. The summed E-state index contributed by atoms with van der Waals surface area (Å²) in [5.74, 6) is -1.22. The van der Waals surface area contributed by atoms with Gasteiger partial charge in [0.15, 0.2) is 0 Å². The van der Waals surface area contributed by atoms with Crippen molar-refractivity contribution < 1.29 is 14.8 Å². The Morgan fingerprint density at radius 3 is 2.78 bits per heavy atom. The van der Waals surface area contributed by atoms with Crippen molar-refractivity contribution in [2.45, 2.75) is 13.0 Å². The van der Waals surface area contributed by atoms with Crippen molar-refractivity contribution in [1.82, 2.24) is 4.98 Å². The summed E-state index contributed by atoms with van der Waals surface area (Å²) in [7, 11) is 1.39.